The van der Waals surface area contributed by atoms with Crippen LogP contribution in [0.25, 0.3) is 0 Å². The van der Waals surface area contributed by atoms with Crippen molar-refractivity contribution in [3.05, 3.63) is 58.9 Å². The Morgan fingerprint density at radius 1 is 1.16 bits per heavy atom. The number of aromatic nitrogens is 1. The Hall–Kier alpha value is -2.78. The predicted octanol–water partition coefficient (Wildman–Crippen LogP) is 2.75. The van der Waals surface area contributed by atoms with Gasteiger partial charge in [0.25, 0.3) is 11.8 Å². The maximum absolute atomic E-state index is 13.5. The fourth-order valence-electron chi connectivity index (χ4n) is 4.52. The van der Waals surface area contributed by atoms with Crippen molar-refractivity contribution in [3.63, 3.8) is 0 Å². The summed E-state index contributed by atoms with van der Waals surface area (Å²) in [5, 5.41) is 16.5. The zero-order chi connectivity index (χ0) is 22.9. The first-order chi connectivity index (χ1) is 15.2. The monoisotopic (exact) mass is 465 g/mol. The minimum Gasteiger partial charge on any atom is -0.484 e. The molecule has 10 heteroatoms. The smallest absolute Gasteiger partial charge is 0.270 e. The molecule has 170 valence electrons. The van der Waals surface area contributed by atoms with Crippen LogP contribution in [0.2, 0.25) is 5.02 Å². The summed E-state index contributed by atoms with van der Waals surface area (Å²) in [5.41, 5.74) is -1.50. The molecule has 1 aromatic carbocycles. The predicted molar refractivity (Wildman–Crippen MR) is 111 cm³/mol. The van der Waals surface area contributed by atoms with Gasteiger partial charge < -0.3 is 20.5 Å². The maximum atomic E-state index is 13.5. The number of carbonyl (C=O) groups is 2. The molecule has 2 bridgehead atoms. The molecule has 1 atom stereocenters. The molecule has 0 radical (unpaired) electrons. The minimum atomic E-state index is -0.886. The van der Waals surface area contributed by atoms with Crippen LogP contribution in [0.15, 0.2) is 36.5 Å². The topological polar surface area (TPSA) is 101 Å². The number of hydrogen-bond donors (Lipinski definition) is 3. The van der Waals surface area contributed by atoms with Gasteiger partial charge in [0.05, 0.1) is 16.7 Å². The number of carbonyl (C=O) groups excluding carboxylic acids is 2. The molecule has 32 heavy (non-hydrogen) atoms. The van der Waals surface area contributed by atoms with Crippen molar-refractivity contribution < 1.29 is 28.2 Å². The number of pyridine rings is 1. The lowest BCUT2D eigenvalue weighted by atomic mass is 9.60. The van der Waals surface area contributed by atoms with Crippen molar-refractivity contribution in [1.82, 2.24) is 15.6 Å². The highest BCUT2D eigenvalue weighted by molar-refractivity contribution is 6.30. The lowest BCUT2D eigenvalue weighted by Gasteiger charge is -2.56. The van der Waals surface area contributed by atoms with Crippen LogP contribution in [0, 0.1) is 11.6 Å². The van der Waals surface area contributed by atoms with E-state index in [1.54, 1.807) is 0 Å². The number of nitrogens with zero attached hydrogens (tertiary/aromatic N) is 1. The number of benzene rings is 1. The number of rotatable bonds is 6. The van der Waals surface area contributed by atoms with Gasteiger partial charge in [-0.2, -0.15) is 0 Å². The number of halogens is 3. The Morgan fingerprint density at radius 2 is 1.91 bits per heavy atom. The van der Waals surface area contributed by atoms with Crippen LogP contribution in [0.1, 0.15) is 42.6 Å². The summed E-state index contributed by atoms with van der Waals surface area (Å²) in [6.07, 6.45) is 2.56. The first-order valence-corrected chi connectivity index (χ1v) is 10.6. The van der Waals surface area contributed by atoms with Crippen LogP contribution in [0.5, 0.6) is 5.75 Å². The van der Waals surface area contributed by atoms with Gasteiger partial charge in [0.15, 0.2) is 6.61 Å². The van der Waals surface area contributed by atoms with E-state index in [0.717, 1.165) is 18.2 Å². The van der Waals surface area contributed by atoms with Gasteiger partial charge in [-0.15, -0.1) is 0 Å². The Bertz CT molecular complexity index is 1040. The molecule has 0 saturated heterocycles. The summed E-state index contributed by atoms with van der Waals surface area (Å²) in [7, 11) is 0. The van der Waals surface area contributed by atoms with Crippen molar-refractivity contribution in [2.75, 3.05) is 6.61 Å². The molecule has 2 aromatic rings. The summed E-state index contributed by atoms with van der Waals surface area (Å²) in [5.74, 6) is -1.98. The summed E-state index contributed by atoms with van der Waals surface area (Å²) >= 11 is 5.63. The molecule has 0 aliphatic heterocycles. The van der Waals surface area contributed by atoms with Crippen molar-refractivity contribution >= 4 is 23.4 Å². The molecule has 0 spiro atoms. The molecule has 3 N–H and O–H groups in total. The third-order valence-corrected chi connectivity index (χ3v) is 6.61. The van der Waals surface area contributed by atoms with E-state index in [2.05, 4.69) is 15.6 Å². The van der Waals surface area contributed by atoms with Gasteiger partial charge in [0.2, 0.25) is 0 Å². The number of hydrogen-bond acceptors (Lipinski definition) is 5. The van der Waals surface area contributed by atoms with E-state index < -0.39 is 40.6 Å². The minimum absolute atomic E-state index is 0.0274. The summed E-state index contributed by atoms with van der Waals surface area (Å²) < 4.78 is 32.2. The number of nitrogens with one attached hydrogen (secondary N) is 2. The Morgan fingerprint density at radius 3 is 2.56 bits per heavy atom. The molecule has 3 saturated carbocycles. The van der Waals surface area contributed by atoms with Gasteiger partial charge in [-0.3, -0.25) is 14.6 Å². The van der Waals surface area contributed by atoms with Gasteiger partial charge >= 0.3 is 0 Å². The number of fused-ring (bicyclic) bond motifs is 3. The molecule has 3 aliphatic rings. The lowest BCUT2D eigenvalue weighted by Crippen LogP contribution is -2.70. The molecule has 3 fully saturated rings. The molecular formula is C22H22ClF2N3O4. The molecule has 3 aliphatic carbocycles. The third-order valence-electron chi connectivity index (χ3n) is 6.30. The molecular weight excluding hydrogens is 444 g/mol. The van der Waals surface area contributed by atoms with Crippen LogP contribution in [0.4, 0.5) is 8.78 Å². The van der Waals surface area contributed by atoms with Gasteiger partial charge in [0, 0.05) is 23.9 Å². The zero-order valence-corrected chi connectivity index (χ0v) is 17.8. The fraction of sp³-hybridized carbons (Fsp3) is 0.409. The third kappa shape index (κ3) is 4.54. The van der Waals surface area contributed by atoms with Gasteiger partial charge in [0.1, 0.15) is 23.1 Å². The maximum Gasteiger partial charge on any atom is 0.270 e. The van der Waals surface area contributed by atoms with E-state index >= 15 is 0 Å². The van der Waals surface area contributed by atoms with E-state index in [0.29, 0.717) is 25.7 Å². The van der Waals surface area contributed by atoms with Crippen molar-refractivity contribution in [3.8, 4) is 5.75 Å². The normalized spacial score (nSPS) is 26.4. The van der Waals surface area contributed by atoms with E-state index in [-0.39, 0.29) is 29.5 Å². The quantitative estimate of drug-likeness (QED) is 0.609. The largest absolute Gasteiger partial charge is 0.484 e. The lowest BCUT2D eigenvalue weighted by molar-refractivity contribution is -0.132. The van der Waals surface area contributed by atoms with Crippen molar-refractivity contribution in [2.24, 2.45) is 0 Å². The molecule has 2 amide bonds. The van der Waals surface area contributed by atoms with Crippen LogP contribution < -0.4 is 15.4 Å². The van der Waals surface area contributed by atoms with E-state index in [1.165, 1.54) is 18.3 Å². The standard InChI is InChI=1S/C22H22ClF2N3O4/c23-15-2-1-14(10-16(15)25)32-12-19(30)27-22-6-4-21(5-7-22,11-18(22)29)28-20(31)17-9-13(24)3-8-26-17/h1-3,8-10,18,29H,4-7,11-12H2,(H,27,30)(H,28,31). The number of aliphatic hydroxyl groups excluding tert-OH is 1. The average molecular weight is 466 g/mol. The average Bonchev–Trinajstić information content (AvgIpc) is 2.76. The fourth-order valence-corrected chi connectivity index (χ4v) is 4.64. The van der Waals surface area contributed by atoms with Crippen LogP contribution in [-0.4, -0.2) is 45.7 Å². The first-order valence-electron chi connectivity index (χ1n) is 10.2. The second-order valence-electron chi connectivity index (χ2n) is 8.38. The SMILES string of the molecule is O=C(COc1ccc(Cl)c(F)c1)NC12CCC(NC(=O)c3cc(F)ccn3)(CC1)CC2O. The Balaban J connectivity index is 1.35. The number of ether oxygens (including phenoxy) is 1. The highest BCUT2D eigenvalue weighted by Crippen LogP contribution is 2.47. The van der Waals surface area contributed by atoms with Crippen molar-refractivity contribution in [2.45, 2.75) is 49.3 Å². The molecule has 1 aromatic heterocycles. The molecule has 7 nitrogen and oxygen atoms in total. The van der Waals surface area contributed by atoms with E-state index in [4.69, 9.17) is 16.3 Å². The highest BCUT2D eigenvalue weighted by atomic mass is 35.5. The summed E-state index contributed by atoms with van der Waals surface area (Å²) in [4.78, 5) is 28.9. The second-order valence-corrected chi connectivity index (χ2v) is 8.79. The Labute approximate surface area is 188 Å². The van der Waals surface area contributed by atoms with Gasteiger partial charge in [-0.1, -0.05) is 11.6 Å². The van der Waals surface area contributed by atoms with E-state index in [1.807, 2.05) is 0 Å². The second kappa shape index (κ2) is 8.63. The van der Waals surface area contributed by atoms with Crippen molar-refractivity contribution in [1.29, 1.82) is 0 Å². The van der Waals surface area contributed by atoms with Crippen LogP contribution >= 0.6 is 11.6 Å². The summed E-state index contributed by atoms with van der Waals surface area (Å²) in [6.45, 7) is -0.345. The molecule has 5 rings (SSSR count). The zero-order valence-electron chi connectivity index (χ0n) is 17.0. The number of aliphatic hydroxyl groups is 1. The first kappa shape index (κ1) is 22.4. The molecule has 1 heterocycles. The highest BCUT2D eigenvalue weighted by Gasteiger charge is 2.55. The van der Waals surface area contributed by atoms with Crippen LogP contribution in [0.3, 0.4) is 0 Å². The summed E-state index contributed by atoms with van der Waals surface area (Å²) in [6, 6.07) is 6.10. The number of amides is 2. The van der Waals surface area contributed by atoms with E-state index in [9.17, 15) is 23.5 Å². The van der Waals surface area contributed by atoms with Gasteiger partial charge in [-0.05, 0) is 50.3 Å². The van der Waals surface area contributed by atoms with Crippen LogP contribution in [-0.2, 0) is 4.79 Å². The van der Waals surface area contributed by atoms with Gasteiger partial charge in [-0.25, -0.2) is 8.78 Å². The Kier molecular flexibility index (Phi) is 6.05. The molecule has 1 unspecified atom stereocenters.